The van der Waals surface area contributed by atoms with Crippen LogP contribution in [0.3, 0.4) is 0 Å². The van der Waals surface area contributed by atoms with E-state index >= 15 is 0 Å². The first-order valence-electron chi connectivity index (χ1n) is 5.94. The van der Waals surface area contributed by atoms with Crippen LogP contribution in [0.5, 0.6) is 0 Å². The summed E-state index contributed by atoms with van der Waals surface area (Å²) in [5.74, 6) is 0.0472. The van der Waals surface area contributed by atoms with Crippen LogP contribution < -0.4 is 5.32 Å². The summed E-state index contributed by atoms with van der Waals surface area (Å²) < 4.78 is 0. The van der Waals surface area contributed by atoms with Crippen molar-refractivity contribution < 1.29 is 4.79 Å². The fourth-order valence-corrected chi connectivity index (χ4v) is 2.03. The molecule has 1 aliphatic rings. The van der Waals surface area contributed by atoms with Crippen molar-refractivity contribution in [3.05, 3.63) is 28.8 Å². The Hall–Kier alpha value is -1.22. The quantitative estimate of drug-likeness (QED) is 0.894. The van der Waals surface area contributed by atoms with Crippen LogP contribution in [-0.4, -0.2) is 30.4 Å². The molecule has 0 radical (unpaired) electrons. The van der Waals surface area contributed by atoms with Crippen LogP contribution in [0.15, 0.2) is 18.2 Å². The van der Waals surface area contributed by atoms with E-state index in [9.17, 15) is 4.79 Å². The summed E-state index contributed by atoms with van der Waals surface area (Å²) in [5, 5.41) is 3.79. The summed E-state index contributed by atoms with van der Waals surface area (Å²) in [4.78, 5) is 14.1. The van der Waals surface area contributed by atoms with E-state index < -0.39 is 0 Å². The molecule has 1 aliphatic carbocycles. The first-order valence-corrected chi connectivity index (χ1v) is 6.32. The average Bonchev–Trinajstić information content (AvgIpc) is 3.14. The van der Waals surface area contributed by atoms with Crippen LogP contribution in [0.25, 0.3) is 0 Å². The Kier molecular flexibility index (Phi) is 3.57. The van der Waals surface area contributed by atoms with Crippen molar-refractivity contribution in [2.75, 3.05) is 18.9 Å². The Bertz CT molecular complexity index is 429. The molecule has 1 saturated carbocycles. The van der Waals surface area contributed by atoms with Crippen molar-refractivity contribution in [2.45, 2.75) is 25.8 Å². The monoisotopic (exact) mass is 252 g/mol. The molecule has 4 heteroatoms. The lowest BCUT2D eigenvalue weighted by Gasteiger charge is -2.19. The molecule has 0 spiro atoms. The molecule has 1 aromatic rings. The third kappa shape index (κ3) is 2.72. The van der Waals surface area contributed by atoms with Gasteiger partial charge in [-0.1, -0.05) is 11.6 Å². The predicted molar refractivity (Wildman–Crippen MR) is 70.7 cm³/mol. The molecule has 92 valence electrons. The van der Waals surface area contributed by atoms with E-state index in [1.54, 1.807) is 12.1 Å². The molecule has 17 heavy (non-hydrogen) atoms. The molecule has 3 nitrogen and oxygen atoms in total. The molecule has 1 amide bonds. The molecule has 1 fully saturated rings. The largest absolute Gasteiger partial charge is 0.385 e. The smallest absolute Gasteiger partial charge is 0.255 e. The first-order chi connectivity index (χ1) is 8.13. The number of anilines is 1. The molecule has 0 heterocycles. The molecule has 1 aromatic carbocycles. The maximum Gasteiger partial charge on any atom is 0.255 e. The third-order valence-electron chi connectivity index (χ3n) is 2.99. The van der Waals surface area contributed by atoms with E-state index in [0.717, 1.165) is 25.1 Å². The van der Waals surface area contributed by atoms with E-state index in [2.05, 4.69) is 5.32 Å². The van der Waals surface area contributed by atoms with Gasteiger partial charge in [0, 0.05) is 30.3 Å². The summed E-state index contributed by atoms with van der Waals surface area (Å²) in [6, 6.07) is 5.81. The van der Waals surface area contributed by atoms with Gasteiger partial charge in [-0.25, -0.2) is 0 Å². The number of carbonyl (C=O) groups excluding carboxylic acids is 1. The molecule has 2 rings (SSSR count). The van der Waals surface area contributed by atoms with Crippen LogP contribution in [0.2, 0.25) is 5.02 Å². The number of carbonyl (C=O) groups is 1. The van der Waals surface area contributed by atoms with Gasteiger partial charge in [0.05, 0.1) is 5.56 Å². The molecule has 0 aliphatic heterocycles. The molecule has 0 atom stereocenters. The highest BCUT2D eigenvalue weighted by atomic mass is 35.5. The van der Waals surface area contributed by atoms with Gasteiger partial charge in [0.1, 0.15) is 0 Å². The van der Waals surface area contributed by atoms with E-state index in [1.165, 1.54) is 0 Å². The Labute approximate surface area is 107 Å². The van der Waals surface area contributed by atoms with Gasteiger partial charge in [0.2, 0.25) is 0 Å². The fraction of sp³-hybridized carbons (Fsp3) is 0.462. The van der Waals surface area contributed by atoms with Gasteiger partial charge < -0.3 is 10.2 Å². The second-order valence-corrected chi connectivity index (χ2v) is 4.80. The summed E-state index contributed by atoms with van der Waals surface area (Å²) in [7, 11) is 1.86. The molecule has 0 unspecified atom stereocenters. The average molecular weight is 253 g/mol. The van der Waals surface area contributed by atoms with Gasteiger partial charge in [0.25, 0.3) is 5.91 Å². The third-order valence-corrected chi connectivity index (χ3v) is 3.23. The first kappa shape index (κ1) is 12.2. The minimum Gasteiger partial charge on any atom is -0.385 e. The highest BCUT2D eigenvalue weighted by molar-refractivity contribution is 6.31. The van der Waals surface area contributed by atoms with Crippen LogP contribution >= 0.6 is 11.6 Å². The number of hydrogen-bond acceptors (Lipinski definition) is 2. The van der Waals surface area contributed by atoms with Crippen molar-refractivity contribution in [3.8, 4) is 0 Å². The Balaban J connectivity index is 2.27. The van der Waals surface area contributed by atoms with Crippen LogP contribution in [0.1, 0.15) is 30.1 Å². The topological polar surface area (TPSA) is 32.3 Å². The van der Waals surface area contributed by atoms with Crippen molar-refractivity contribution in [1.29, 1.82) is 0 Å². The van der Waals surface area contributed by atoms with Crippen molar-refractivity contribution in [1.82, 2.24) is 4.90 Å². The van der Waals surface area contributed by atoms with E-state index in [0.29, 0.717) is 16.6 Å². The second-order valence-electron chi connectivity index (χ2n) is 4.37. The number of benzene rings is 1. The highest BCUT2D eigenvalue weighted by Gasteiger charge is 2.30. The zero-order valence-electron chi connectivity index (χ0n) is 10.2. The number of hydrogen-bond donors (Lipinski definition) is 1. The molecule has 0 bridgehead atoms. The SMILES string of the molecule is CCNc1ccc(Cl)cc1C(=O)N(C)C1CC1. The normalized spacial score (nSPS) is 14.5. The second kappa shape index (κ2) is 4.96. The van der Waals surface area contributed by atoms with E-state index in [1.807, 2.05) is 24.9 Å². The van der Waals surface area contributed by atoms with Crippen LogP contribution in [0, 0.1) is 0 Å². The predicted octanol–water partition coefficient (Wildman–Crippen LogP) is 3.01. The maximum absolute atomic E-state index is 12.3. The van der Waals surface area contributed by atoms with Gasteiger partial charge in [-0.15, -0.1) is 0 Å². The number of rotatable bonds is 4. The minimum absolute atomic E-state index is 0.0472. The van der Waals surface area contributed by atoms with Gasteiger partial charge in [-0.3, -0.25) is 4.79 Å². The fourth-order valence-electron chi connectivity index (χ4n) is 1.86. The molecular weight excluding hydrogens is 236 g/mol. The standard InChI is InChI=1S/C13H17ClN2O/c1-3-15-12-7-4-9(14)8-11(12)13(17)16(2)10-5-6-10/h4,7-8,10,15H,3,5-6H2,1-2H3. The highest BCUT2D eigenvalue weighted by Crippen LogP contribution is 2.29. The van der Waals surface area contributed by atoms with Crippen molar-refractivity contribution in [3.63, 3.8) is 0 Å². The van der Waals surface area contributed by atoms with Crippen molar-refractivity contribution >= 4 is 23.2 Å². The zero-order chi connectivity index (χ0) is 12.4. The summed E-state index contributed by atoms with van der Waals surface area (Å²) in [5.41, 5.74) is 1.52. The van der Waals surface area contributed by atoms with Crippen LogP contribution in [-0.2, 0) is 0 Å². The lowest BCUT2D eigenvalue weighted by Crippen LogP contribution is -2.29. The number of halogens is 1. The Morgan fingerprint density at radius 1 is 1.53 bits per heavy atom. The van der Waals surface area contributed by atoms with Gasteiger partial charge in [0.15, 0.2) is 0 Å². The number of nitrogens with one attached hydrogen (secondary N) is 1. The lowest BCUT2D eigenvalue weighted by molar-refractivity contribution is 0.0786. The Morgan fingerprint density at radius 2 is 2.24 bits per heavy atom. The Morgan fingerprint density at radius 3 is 2.82 bits per heavy atom. The molecule has 0 aromatic heterocycles. The molecular formula is C13H17ClN2O. The van der Waals surface area contributed by atoms with Gasteiger partial charge in [-0.05, 0) is 38.0 Å². The zero-order valence-corrected chi connectivity index (χ0v) is 10.9. The van der Waals surface area contributed by atoms with Gasteiger partial charge in [-0.2, -0.15) is 0 Å². The summed E-state index contributed by atoms with van der Waals surface area (Å²) in [6.07, 6.45) is 2.22. The molecule has 1 N–H and O–H groups in total. The minimum atomic E-state index is 0.0472. The lowest BCUT2D eigenvalue weighted by atomic mass is 10.1. The van der Waals surface area contributed by atoms with Crippen molar-refractivity contribution in [2.24, 2.45) is 0 Å². The molecule has 0 saturated heterocycles. The summed E-state index contributed by atoms with van der Waals surface area (Å²) in [6.45, 7) is 2.79. The summed E-state index contributed by atoms with van der Waals surface area (Å²) >= 11 is 5.96. The maximum atomic E-state index is 12.3. The van der Waals surface area contributed by atoms with E-state index in [-0.39, 0.29) is 5.91 Å². The van der Waals surface area contributed by atoms with Crippen LogP contribution in [0.4, 0.5) is 5.69 Å². The number of amides is 1. The number of nitrogens with zero attached hydrogens (tertiary/aromatic N) is 1. The van der Waals surface area contributed by atoms with E-state index in [4.69, 9.17) is 11.6 Å². The van der Waals surface area contributed by atoms with Gasteiger partial charge >= 0.3 is 0 Å².